The molecule has 2 aromatic rings. The van der Waals surface area contributed by atoms with Crippen LogP contribution in [0.25, 0.3) is 0 Å². The third-order valence-electron chi connectivity index (χ3n) is 3.29. The fraction of sp³-hybridized carbons (Fsp3) is 0.250. The normalized spacial score (nSPS) is 12.2. The minimum absolute atomic E-state index is 0.133. The van der Waals surface area contributed by atoms with Gasteiger partial charge in [0.15, 0.2) is 11.5 Å². The number of carbonyl (C=O) groups is 1. The van der Waals surface area contributed by atoms with Crippen LogP contribution in [-0.4, -0.2) is 17.3 Å². The lowest BCUT2D eigenvalue weighted by Gasteiger charge is -2.07. The maximum Gasteiger partial charge on any atom is 0.307 e. The van der Waals surface area contributed by atoms with E-state index in [1.54, 1.807) is 30.5 Å². The Kier molecular flexibility index (Phi) is 4.09. The summed E-state index contributed by atoms with van der Waals surface area (Å²) in [7, 11) is 0. The van der Waals surface area contributed by atoms with Crippen LogP contribution in [0.4, 0.5) is 0 Å². The maximum absolute atomic E-state index is 11.7. The summed E-state index contributed by atoms with van der Waals surface area (Å²) in [4.78, 5) is 23.2. The van der Waals surface area contributed by atoms with Gasteiger partial charge >= 0.3 is 5.97 Å². The summed E-state index contributed by atoms with van der Waals surface area (Å²) < 4.78 is 17.2. The van der Waals surface area contributed by atoms with Crippen LogP contribution in [0.5, 0.6) is 11.5 Å². The van der Waals surface area contributed by atoms with E-state index in [1.165, 1.54) is 10.6 Å². The summed E-state index contributed by atoms with van der Waals surface area (Å²) in [6.07, 6.45) is 1.79. The molecular formula is C16H15NO5. The number of fused-ring (bicyclic) bond motifs is 1. The number of rotatable bonds is 5. The Balaban J connectivity index is 1.50. The molecule has 0 fully saturated rings. The van der Waals surface area contributed by atoms with Crippen LogP contribution in [0.2, 0.25) is 0 Å². The van der Waals surface area contributed by atoms with E-state index in [-0.39, 0.29) is 31.3 Å². The lowest BCUT2D eigenvalue weighted by Crippen LogP contribution is -2.20. The number of carbonyl (C=O) groups excluding carboxylic acids is 1. The number of nitrogens with zero attached hydrogens (tertiary/aromatic N) is 1. The molecule has 0 spiro atoms. The second-order valence-electron chi connectivity index (χ2n) is 4.83. The molecule has 1 aliphatic heterocycles. The molecule has 0 atom stereocenters. The van der Waals surface area contributed by atoms with Crippen LogP contribution in [0.1, 0.15) is 12.0 Å². The topological polar surface area (TPSA) is 66.8 Å². The summed E-state index contributed by atoms with van der Waals surface area (Å²) in [5.41, 5.74) is 0.695. The van der Waals surface area contributed by atoms with Gasteiger partial charge in [-0.2, -0.15) is 0 Å². The van der Waals surface area contributed by atoms with Gasteiger partial charge in [0, 0.05) is 18.8 Å². The highest BCUT2D eigenvalue weighted by molar-refractivity contribution is 5.69. The zero-order valence-electron chi connectivity index (χ0n) is 11.9. The summed E-state index contributed by atoms with van der Waals surface area (Å²) >= 11 is 0. The highest BCUT2D eigenvalue weighted by Crippen LogP contribution is 2.32. The van der Waals surface area contributed by atoms with Crippen molar-refractivity contribution in [1.82, 2.24) is 4.57 Å². The van der Waals surface area contributed by atoms with Crippen LogP contribution in [0.3, 0.4) is 0 Å². The second kappa shape index (κ2) is 6.34. The number of hydrogen-bond acceptors (Lipinski definition) is 5. The average Bonchev–Trinajstić information content (AvgIpc) is 2.99. The van der Waals surface area contributed by atoms with Crippen molar-refractivity contribution in [3.05, 3.63) is 58.5 Å². The molecule has 114 valence electrons. The van der Waals surface area contributed by atoms with Gasteiger partial charge < -0.3 is 18.8 Å². The van der Waals surface area contributed by atoms with E-state index in [0.717, 1.165) is 5.56 Å². The fourth-order valence-corrected chi connectivity index (χ4v) is 2.12. The van der Waals surface area contributed by atoms with Crippen molar-refractivity contribution in [2.75, 3.05) is 6.79 Å². The summed E-state index contributed by atoms with van der Waals surface area (Å²) in [6.45, 7) is 0.684. The Morgan fingerprint density at radius 3 is 2.91 bits per heavy atom. The van der Waals surface area contributed by atoms with Crippen molar-refractivity contribution in [2.24, 2.45) is 0 Å². The molecule has 0 amide bonds. The maximum atomic E-state index is 11.7. The lowest BCUT2D eigenvalue weighted by molar-refractivity contribution is -0.145. The zero-order valence-corrected chi connectivity index (χ0v) is 11.9. The van der Waals surface area contributed by atoms with Crippen LogP contribution >= 0.6 is 0 Å². The van der Waals surface area contributed by atoms with Crippen molar-refractivity contribution in [3.8, 4) is 11.5 Å². The largest absolute Gasteiger partial charge is 0.461 e. The van der Waals surface area contributed by atoms with E-state index in [0.29, 0.717) is 18.0 Å². The number of esters is 1. The van der Waals surface area contributed by atoms with E-state index >= 15 is 0 Å². The second-order valence-corrected chi connectivity index (χ2v) is 4.83. The summed E-state index contributed by atoms with van der Waals surface area (Å²) in [6, 6.07) is 10.3. The molecule has 22 heavy (non-hydrogen) atoms. The highest BCUT2D eigenvalue weighted by Gasteiger charge is 2.13. The molecule has 3 rings (SSSR count). The van der Waals surface area contributed by atoms with Gasteiger partial charge in [-0.25, -0.2) is 0 Å². The summed E-state index contributed by atoms with van der Waals surface area (Å²) in [5.74, 6) is 0.997. The van der Waals surface area contributed by atoms with Gasteiger partial charge in [-0.3, -0.25) is 9.59 Å². The molecule has 1 aliphatic rings. The standard InChI is InChI=1S/C16H15NO5/c18-15-3-1-2-7-17(15)8-6-16(19)20-10-12-4-5-13-14(9-12)22-11-21-13/h1-5,7,9H,6,8,10-11H2. The predicted octanol–water partition coefficient (Wildman–Crippen LogP) is 1.71. The van der Waals surface area contributed by atoms with E-state index in [2.05, 4.69) is 0 Å². The Labute approximate surface area is 126 Å². The van der Waals surface area contributed by atoms with E-state index < -0.39 is 0 Å². The van der Waals surface area contributed by atoms with E-state index in [9.17, 15) is 9.59 Å². The summed E-state index contributed by atoms with van der Waals surface area (Å²) in [5, 5.41) is 0. The first-order valence-corrected chi connectivity index (χ1v) is 6.92. The molecule has 2 heterocycles. The van der Waals surface area contributed by atoms with Crippen molar-refractivity contribution in [2.45, 2.75) is 19.6 Å². The Bertz CT molecular complexity index is 737. The third-order valence-corrected chi connectivity index (χ3v) is 3.29. The molecule has 0 aliphatic carbocycles. The Morgan fingerprint density at radius 1 is 1.18 bits per heavy atom. The van der Waals surface area contributed by atoms with Gasteiger partial charge in [-0.05, 0) is 23.8 Å². The van der Waals surface area contributed by atoms with Crippen LogP contribution in [0, 0.1) is 0 Å². The Morgan fingerprint density at radius 2 is 2.05 bits per heavy atom. The first-order chi connectivity index (χ1) is 10.7. The zero-order chi connectivity index (χ0) is 15.4. The van der Waals surface area contributed by atoms with Crippen molar-refractivity contribution >= 4 is 5.97 Å². The number of ether oxygens (including phenoxy) is 3. The average molecular weight is 301 g/mol. The van der Waals surface area contributed by atoms with Crippen LogP contribution < -0.4 is 15.0 Å². The molecule has 6 nitrogen and oxygen atoms in total. The van der Waals surface area contributed by atoms with Crippen molar-refractivity contribution < 1.29 is 19.0 Å². The first kappa shape index (κ1) is 14.2. The molecule has 0 saturated heterocycles. The molecule has 0 saturated carbocycles. The Hall–Kier alpha value is -2.76. The first-order valence-electron chi connectivity index (χ1n) is 6.92. The molecule has 1 aromatic carbocycles. The molecule has 1 aromatic heterocycles. The smallest absolute Gasteiger partial charge is 0.307 e. The molecule has 6 heteroatoms. The van der Waals surface area contributed by atoms with Gasteiger partial charge in [-0.1, -0.05) is 12.1 Å². The molecule has 0 bridgehead atoms. The number of hydrogen-bond donors (Lipinski definition) is 0. The van der Waals surface area contributed by atoms with Gasteiger partial charge in [0.25, 0.3) is 5.56 Å². The quantitative estimate of drug-likeness (QED) is 0.787. The number of aromatic nitrogens is 1. The third kappa shape index (κ3) is 3.28. The van der Waals surface area contributed by atoms with Crippen molar-refractivity contribution in [1.29, 1.82) is 0 Å². The minimum atomic E-state index is -0.353. The number of pyridine rings is 1. The molecule has 0 unspecified atom stereocenters. The highest BCUT2D eigenvalue weighted by atomic mass is 16.7. The SMILES string of the molecule is O=C(CCn1ccccc1=O)OCc1ccc2c(c1)OCO2. The fourth-order valence-electron chi connectivity index (χ4n) is 2.12. The minimum Gasteiger partial charge on any atom is -0.461 e. The van der Waals surface area contributed by atoms with Gasteiger partial charge in [0.2, 0.25) is 6.79 Å². The van der Waals surface area contributed by atoms with Crippen molar-refractivity contribution in [3.63, 3.8) is 0 Å². The number of aryl methyl sites for hydroxylation is 1. The number of benzene rings is 1. The van der Waals surface area contributed by atoms with Gasteiger partial charge in [-0.15, -0.1) is 0 Å². The van der Waals surface area contributed by atoms with Gasteiger partial charge in [0.05, 0.1) is 6.42 Å². The lowest BCUT2D eigenvalue weighted by atomic mass is 10.2. The molecule has 0 N–H and O–H groups in total. The molecular weight excluding hydrogens is 286 g/mol. The predicted molar refractivity (Wildman–Crippen MR) is 77.7 cm³/mol. The van der Waals surface area contributed by atoms with E-state index in [1.807, 2.05) is 6.07 Å². The monoisotopic (exact) mass is 301 g/mol. The van der Waals surface area contributed by atoms with Crippen LogP contribution in [0.15, 0.2) is 47.4 Å². The van der Waals surface area contributed by atoms with Gasteiger partial charge in [0.1, 0.15) is 6.61 Å². The van der Waals surface area contributed by atoms with Crippen LogP contribution in [-0.2, 0) is 22.7 Å². The van der Waals surface area contributed by atoms with E-state index in [4.69, 9.17) is 14.2 Å². The molecule has 0 radical (unpaired) electrons.